The molecule has 1 aliphatic heterocycles. The second-order valence-corrected chi connectivity index (χ2v) is 7.60. The predicted molar refractivity (Wildman–Crippen MR) is 97.4 cm³/mol. The molecule has 1 aliphatic carbocycles. The number of carbonyl (C=O) groups excluding carboxylic acids is 2. The highest BCUT2D eigenvalue weighted by Crippen LogP contribution is 2.39. The molecule has 6 nitrogen and oxygen atoms in total. The molecule has 2 aliphatic rings. The number of rotatable bonds is 5. The van der Waals surface area contributed by atoms with Gasteiger partial charge in [-0.2, -0.15) is 11.3 Å². The van der Waals surface area contributed by atoms with Gasteiger partial charge < -0.3 is 14.5 Å². The highest BCUT2D eigenvalue weighted by atomic mass is 32.1. The zero-order chi connectivity index (χ0) is 18.1. The smallest absolute Gasteiger partial charge is 0.254 e. The Balaban J connectivity index is 1.61. The lowest BCUT2D eigenvalue weighted by molar-refractivity contribution is -0.170. The monoisotopic (exact) mass is 371 g/mol. The maximum Gasteiger partial charge on any atom is 0.254 e. The maximum absolute atomic E-state index is 13.1. The summed E-state index contributed by atoms with van der Waals surface area (Å²) < 4.78 is 5.76. The summed E-state index contributed by atoms with van der Waals surface area (Å²) in [4.78, 5) is 33.4. The fraction of sp³-hybridized carbons (Fsp3) is 0.421. The molecule has 2 amide bonds. The van der Waals surface area contributed by atoms with Crippen LogP contribution in [0.25, 0.3) is 0 Å². The molecule has 2 aromatic rings. The number of ether oxygens (including phenoxy) is 1. The lowest BCUT2D eigenvalue weighted by Gasteiger charge is -2.41. The van der Waals surface area contributed by atoms with Crippen LogP contribution in [0.1, 0.15) is 30.0 Å². The minimum Gasteiger partial charge on any atom is -0.356 e. The van der Waals surface area contributed by atoms with E-state index in [4.69, 9.17) is 4.74 Å². The average molecular weight is 371 g/mol. The highest BCUT2D eigenvalue weighted by molar-refractivity contribution is 7.07. The lowest BCUT2D eigenvalue weighted by atomic mass is 9.97. The van der Waals surface area contributed by atoms with E-state index >= 15 is 0 Å². The van der Waals surface area contributed by atoms with Crippen molar-refractivity contribution in [3.05, 3.63) is 52.5 Å². The molecule has 2 fully saturated rings. The van der Waals surface area contributed by atoms with Gasteiger partial charge in [-0.15, -0.1) is 0 Å². The van der Waals surface area contributed by atoms with Gasteiger partial charge >= 0.3 is 0 Å². The summed E-state index contributed by atoms with van der Waals surface area (Å²) in [7, 11) is 1.78. The van der Waals surface area contributed by atoms with E-state index in [-0.39, 0.29) is 24.5 Å². The van der Waals surface area contributed by atoms with Crippen molar-refractivity contribution in [1.82, 2.24) is 14.8 Å². The van der Waals surface area contributed by atoms with Gasteiger partial charge in [0.1, 0.15) is 6.61 Å². The summed E-state index contributed by atoms with van der Waals surface area (Å²) in [5.41, 5.74) is 1.93. The second-order valence-electron chi connectivity index (χ2n) is 6.82. The third kappa shape index (κ3) is 3.37. The number of thiophene rings is 1. The van der Waals surface area contributed by atoms with E-state index in [1.165, 1.54) is 0 Å². The number of likely N-dealkylation sites (N-methyl/N-ethyl adjacent to an activating group) is 1. The van der Waals surface area contributed by atoms with Crippen LogP contribution in [-0.2, 0) is 20.9 Å². The first kappa shape index (κ1) is 17.2. The summed E-state index contributed by atoms with van der Waals surface area (Å²) in [6.45, 7) is 0.481. The van der Waals surface area contributed by atoms with Crippen LogP contribution >= 0.6 is 11.3 Å². The summed E-state index contributed by atoms with van der Waals surface area (Å²) >= 11 is 1.61. The molecule has 2 atom stereocenters. The Morgan fingerprint density at radius 3 is 2.92 bits per heavy atom. The number of morpholine rings is 1. The molecule has 0 radical (unpaired) electrons. The second kappa shape index (κ2) is 7.17. The third-order valence-corrected chi connectivity index (χ3v) is 5.58. The van der Waals surface area contributed by atoms with Crippen LogP contribution in [0, 0.1) is 0 Å². The van der Waals surface area contributed by atoms with Crippen LogP contribution in [0.3, 0.4) is 0 Å². The normalized spacial score (nSPS) is 23.1. The Kier molecular flexibility index (Phi) is 4.74. The number of aromatic nitrogens is 1. The Morgan fingerprint density at radius 2 is 2.27 bits per heavy atom. The molecule has 136 valence electrons. The van der Waals surface area contributed by atoms with E-state index in [1.807, 2.05) is 33.9 Å². The van der Waals surface area contributed by atoms with Crippen molar-refractivity contribution < 1.29 is 14.3 Å². The lowest BCUT2D eigenvalue weighted by Crippen LogP contribution is -2.55. The summed E-state index contributed by atoms with van der Waals surface area (Å²) in [5.74, 6) is -0.158. The Morgan fingerprint density at radius 1 is 1.42 bits per heavy atom. The van der Waals surface area contributed by atoms with E-state index < -0.39 is 12.1 Å². The molecule has 26 heavy (non-hydrogen) atoms. The molecule has 3 heterocycles. The molecular weight excluding hydrogens is 350 g/mol. The molecule has 0 aromatic carbocycles. The first-order chi connectivity index (χ1) is 12.6. The van der Waals surface area contributed by atoms with Crippen LogP contribution in [0.2, 0.25) is 0 Å². The minimum atomic E-state index is -0.707. The molecule has 0 bridgehead atoms. The number of hydrogen-bond donors (Lipinski definition) is 0. The van der Waals surface area contributed by atoms with E-state index in [0.717, 1.165) is 24.0 Å². The molecular formula is C19H21N3O3S. The van der Waals surface area contributed by atoms with Crippen molar-refractivity contribution in [3.8, 4) is 0 Å². The van der Waals surface area contributed by atoms with E-state index in [1.54, 1.807) is 35.7 Å². The zero-order valence-electron chi connectivity index (χ0n) is 14.6. The molecule has 4 rings (SSSR count). The first-order valence-corrected chi connectivity index (χ1v) is 9.68. The van der Waals surface area contributed by atoms with E-state index in [2.05, 4.69) is 4.98 Å². The fourth-order valence-electron chi connectivity index (χ4n) is 3.46. The summed E-state index contributed by atoms with van der Waals surface area (Å²) in [6, 6.07) is 5.53. The van der Waals surface area contributed by atoms with Crippen LogP contribution in [0.5, 0.6) is 0 Å². The van der Waals surface area contributed by atoms with E-state index in [9.17, 15) is 9.59 Å². The predicted octanol–water partition coefficient (Wildman–Crippen LogP) is 2.23. The quantitative estimate of drug-likeness (QED) is 0.809. The largest absolute Gasteiger partial charge is 0.356 e. The number of pyridine rings is 1. The molecule has 1 saturated heterocycles. The van der Waals surface area contributed by atoms with Crippen LogP contribution in [-0.4, -0.2) is 52.4 Å². The van der Waals surface area contributed by atoms with Gasteiger partial charge in [-0.3, -0.25) is 14.6 Å². The number of hydrogen-bond acceptors (Lipinski definition) is 5. The molecule has 2 aromatic heterocycles. The van der Waals surface area contributed by atoms with Gasteiger partial charge in [0.15, 0.2) is 6.10 Å². The van der Waals surface area contributed by atoms with Crippen LogP contribution in [0.15, 0.2) is 41.4 Å². The topological polar surface area (TPSA) is 62.7 Å². The Hall–Kier alpha value is -2.25. The van der Waals surface area contributed by atoms with Crippen molar-refractivity contribution in [1.29, 1.82) is 0 Å². The number of nitrogens with zero attached hydrogens (tertiary/aromatic N) is 3. The van der Waals surface area contributed by atoms with E-state index in [0.29, 0.717) is 6.54 Å². The molecule has 0 unspecified atom stereocenters. The summed E-state index contributed by atoms with van der Waals surface area (Å²) in [6.07, 6.45) is 4.67. The van der Waals surface area contributed by atoms with Crippen LogP contribution in [0.4, 0.5) is 0 Å². The molecule has 0 N–H and O–H groups in total. The minimum absolute atomic E-state index is 0.0457. The number of carbonyl (C=O) groups is 2. The Labute approximate surface area is 156 Å². The van der Waals surface area contributed by atoms with Gasteiger partial charge in [0, 0.05) is 32.0 Å². The number of amides is 2. The summed E-state index contributed by atoms with van der Waals surface area (Å²) in [5, 5.41) is 4.03. The third-order valence-electron chi connectivity index (χ3n) is 4.85. The molecule has 7 heteroatoms. The van der Waals surface area contributed by atoms with Crippen molar-refractivity contribution in [3.63, 3.8) is 0 Å². The van der Waals surface area contributed by atoms with Crippen molar-refractivity contribution in [2.45, 2.75) is 37.6 Å². The molecule has 0 spiro atoms. The van der Waals surface area contributed by atoms with Crippen LogP contribution < -0.4 is 0 Å². The van der Waals surface area contributed by atoms with Gasteiger partial charge in [0.2, 0.25) is 5.91 Å². The van der Waals surface area contributed by atoms with Gasteiger partial charge in [-0.1, -0.05) is 6.07 Å². The molecule has 1 saturated carbocycles. The average Bonchev–Trinajstić information content (AvgIpc) is 3.37. The zero-order valence-corrected chi connectivity index (χ0v) is 15.4. The standard InChI is InChI=1S/C19H21N3O3S/c1-21(10-13-6-8-26-12-13)19(24)18-17(14-3-2-7-20-9-14)22(15-4-5-15)16(23)11-25-18/h2-3,6-9,12,15,17-18H,4-5,10-11H2,1H3/t17-,18+/m1/s1. The SMILES string of the molecule is CN(Cc1ccsc1)C(=O)[C@H]1OCC(=O)N(C2CC2)[C@@H]1c1cccnc1. The Bertz CT molecular complexity index is 777. The highest BCUT2D eigenvalue weighted by Gasteiger charge is 2.48. The van der Waals surface area contributed by atoms with Gasteiger partial charge in [0.25, 0.3) is 5.91 Å². The van der Waals surface area contributed by atoms with Gasteiger partial charge in [0.05, 0.1) is 6.04 Å². The van der Waals surface area contributed by atoms with Crippen molar-refractivity contribution in [2.24, 2.45) is 0 Å². The fourth-order valence-corrected chi connectivity index (χ4v) is 4.12. The maximum atomic E-state index is 13.1. The van der Waals surface area contributed by atoms with Crippen molar-refractivity contribution in [2.75, 3.05) is 13.7 Å². The van der Waals surface area contributed by atoms with Crippen molar-refractivity contribution >= 4 is 23.2 Å². The van der Waals surface area contributed by atoms with Gasteiger partial charge in [-0.25, -0.2) is 0 Å². The van der Waals surface area contributed by atoms with Gasteiger partial charge in [-0.05, 0) is 46.9 Å². The first-order valence-electron chi connectivity index (χ1n) is 8.74.